The van der Waals surface area contributed by atoms with Gasteiger partial charge in [-0.25, -0.2) is 0 Å². The second kappa shape index (κ2) is 6.88. The summed E-state index contributed by atoms with van der Waals surface area (Å²) in [5.41, 5.74) is 3.55. The Morgan fingerprint density at radius 2 is 1.79 bits per heavy atom. The molecule has 0 bridgehead atoms. The van der Waals surface area contributed by atoms with E-state index in [1.807, 2.05) is 18.7 Å². The maximum absolute atomic E-state index is 9.26. The van der Waals surface area contributed by atoms with E-state index >= 15 is 0 Å². The number of fused-ring (bicyclic) bond motifs is 2. The smallest absolute Gasteiger partial charge is 0.0700 e. The van der Waals surface area contributed by atoms with Crippen molar-refractivity contribution in [3.05, 3.63) is 48.0 Å². The Hall–Kier alpha value is -1.96. The van der Waals surface area contributed by atoms with Crippen molar-refractivity contribution in [1.29, 1.82) is 5.26 Å². The number of para-hydroxylation sites is 1. The van der Waals surface area contributed by atoms with Crippen LogP contribution in [-0.2, 0) is 0 Å². The molecule has 3 rings (SSSR count). The number of nitriles is 1. The second-order valence-corrected chi connectivity index (χ2v) is 7.65. The molecule has 0 N–H and O–H groups in total. The molecule has 2 aromatic carbocycles. The molecule has 0 aliphatic carbocycles. The first kappa shape index (κ1) is 16.9. The molecular weight excluding hydrogens is 314 g/mol. The summed E-state index contributed by atoms with van der Waals surface area (Å²) >= 11 is 1.81. The Bertz CT molecular complexity index is 779. The van der Waals surface area contributed by atoms with E-state index in [9.17, 15) is 5.26 Å². The fourth-order valence-electron chi connectivity index (χ4n) is 2.81. The first-order chi connectivity index (χ1) is 11.5. The van der Waals surface area contributed by atoms with Gasteiger partial charge in [-0.2, -0.15) is 5.26 Å². The maximum Gasteiger partial charge on any atom is 0.0700 e. The van der Waals surface area contributed by atoms with E-state index in [0.717, 1.165) is 12.1 Å². The number of nitrogens with zero attached hydrogens (tertiary/aromatic N) is 3. The van der Waals surface area contributed by atoms with Gasteiger partial charge in [0.25, 0.3) is 0 Å². The Kier molecular flexibility index (Phi) is 4.84. The lowest BCUT2D eigenvalue weighted by Crippen LogP contribution is -2.37. The Morgan fingerprint density at radius 3 is 2.50 bits per heavy atom. The fourth-order valence-corrected chi connectivity index (χ4v) is 3.89. The number of anilines is 2. The lowest BCUT2D eigenvalue weighted by molar-refractivity contribution is 0.319. The highest BCUT2D eigenvalue weighted by molar-refractivity contribution is 7.99. The molecule has 0 amide bonds. The quantitative estimate of drug-likeness (QED) is 0.796. The van der Waals surface area contributed by atoms with Crippen molar-refractivity contribution in [3.8, 4) is 6.07 Å². The van der Waals surface area contributed by atoms with Crippen molar-refractivity contribution in [2.45, 2.75) is 35.6 Å². The van der Waals surface area contributed by atoms with Gasteiger partial charge in [-0.15, -0.1) is 0 Å². The van der Waals surface area contributed by atoms with Crippen LogP contribution in [-0.4, -0.2) is 31.6 Å². The lowest BCUT2D eigenvalue weighted by atomic mass is 10.0. The van der Waals surface area contributed by atoms with Crippen molar-refractivity contribution in [3.63, 3.8) is 0 Å². The molecule has 124 valence electrons. The van der Waals surface area contributed by atoms with Crippen molar-refractivity contribution in [1.82, 2.24) is 4.90 Å². The molecule has 24 heavy (non-hydrogen) atoms. The molecule has 0 saturated heterocycles. The van der Waals surface area contributed by atoms with Gasteiger partial charge in [0.1, 0.15) is 0 Å². The average molecular weight is 337 g/mol. The Labute approximate surface area is 148 Å². The van der Waals surface area contributed by atoms with Crippen LogP contribution in [0, 0.1) is 11.3 Å². The van der Waals surface area contributed by atoms with Crippen molar-refractivity contribution < 1.29 is 0 Å². The fraction of sp³-hybridized carbons (Fsp3) is 0.350. The van der Waals surface area contributed by atoms with E-state index in [-0.39, 0.29) is 5.92 Å². The highest BCUT2D eigenvalue weighted by atomic mass is 32.2. The highest BCUT2D eigenvalue weighted by Crippen LogP contribution is 2.48. The lowest BCUT2D eigenvalue weighted by Gasteiger charge is -2.36. The van der Waals surface area contributed by atoms with Crippen LogP contribution >= 0.6 is 11.8 Å². The first-order valence-electron chi connectivity index (χ1n) is 8.25. The number of rotatable bonds is 4. The van der Waals surface area contributed by atoms with E-state index in [2.05, 4.69) is 79.4 Å². The normalized spacial score (nSPS) is 15.4. The van der Waals surface area contributed by atoms with Crippen molar-refractivity contribution >= 4 is 23.1 Å². The molecule has 1 aliphatic heterocycles. The monoisotopic (exact) mass is 337 g/mol. The first-order valence-corrected chi connectivity index (χ1v) is 9.07. The van der Waals surface area contributed by atoms with Crippen LogP contribution in [0.5, 0.6) is 0 Å². The van der Waals surface area contributed by atoms with E-state index < -0.39 is 0 Å². The van der Waals surface area contributed by atoms with Crippen LogP contribution in [0.25, 0.3) is 0 Å². The van der Waals surface area contributed by atoms with E-state index in [1.54, 1.807) is 0 Å². The van der Waals surface area contributed by atoms with Gasteiger partial charge in [0.2, 0.25) is 0 Å². The van der Waals surface area contributed by atoms with Gasteiger partial charge in [-0.3, -0.25) is 0 Å². The van der Waals surface area contributed by atoms with E-state index in [0.29, 0.717) is 6.04 Å². The summed E-state index contributed by atoms with van der Waals surface area (Å²) in [7, 11) is 4.23. The second-order valence-electron chi connectivity index (χ2n) is 6.57. The summed E-state index contributed by atoms with van der Waals surface area (Å²) in [6.45, 7) is 5.12. The zero-order valence-corrected chi connectivity index (χ0v) is 15.5. The molecule has 4 heteroatoms. The predicted molar refractivity (Wildman–Crippen MR) is 101 cm³/mol. The van der Waals surface area contributed by atoms with E-state index in [1.165, 1.54) is 21.2 Å². The molecule has 2 aromatic rings. The molecule has 0 saturated carbocycles. The molecule has 1 aliphatic rings. The third kappa shape index (κ3) is 3.15. The summed E-state index contributed by atoms with van der Waals surface area (Å²) in [5.74, 6) is -0.0920. The summed E-state index contributed by atoms with van der Waals surface area (Å²) in [6.07, 6.45) is 0. The van der Waals surface area contributed by atoms with Crippen LogP contribution in [0.4, 0.5) is 11.4 Å². The van der Waals surface area contributed by atoms with Crippen LogP contribution in [0.15, 0.2) is 52.3 Å². The predicted octanol–water partition coefficient (Wildman–Crippen LogP) is 4.87. The molecular formula is C20H23N3S. The van der Waals surface area contributed by atoms with Gasteiger partial charge in [0, 0.05) is 22.4 Å². The number of hydrogen-bond donors (Lipinski definition) is 0. The minimum absolute atomic E-state index is 0.0920. The topological polar surface area (TPSA) is 30.3 Å². The third-order valence-corrected chi connectivity index (χ3v) is 5.80. The van der Waals surface area contributed by atoms with Crippen LogP contribution in [0.2, 0.25) is 0 Å². The van der Waals surface area contributed by atoms with Crippen molar-refractivity contribution in [2.75, 3.05) is 25.5 Å². The summed E-state index contributed by atoms with van der Waals surface area (Å²) < 4.78 is 0. The molecule has 0 fully saturated rings. The number of likely N-dealkylation sites (N-methyl/N-ethyl adjacent to an activating group) is 1. The van der Waals surface area contributed by atoms with Gasteiger partial charge in [-0.05, 0) is 57.8 Å². The zero-order chi connectivity index (χ0) is 17.3. The van der Waals surface area contributed by atoms with Crippen LogP contribution in [0.1, 0.15) is 25.3 Å². The van der Waals surface area contributed by atoms with Gasteiger partial charge in [0.15, 0.2) is 0 Å². The van der Waals surface area contributed by atoms with Gasteiger partial charge >= 0.3 is 0 Å². The van der Waals surface area contributed by atoms with E-state index in [4.69, 9.17) is 0 Å². The average Bonchev–Trinajstić information content (AvgIpc) is 2.60. The molecule has 3 nitrogen and oxygen atoms in total. The minimum atomic E-state index is -0.0920. The molecule has 2 unspecified atom stereocenters. The summed E-state index contributed by atoms with van der Waals surface area (Å²) in [6, 6.07) is 17.8. The number of hydrogen-bond acceptors (Lipinski definition) is 4. The van der Waals surface area contributed by atoms with Gasteiger partial charge in [0.05, 0.1) is 23.4 Å². The van der Waals surface area contributed by atoms with Gasteiger partial charge in [-0.1, -0.05) is 30.0 Å². The third-order valence-electron chi connectivity index (χ3n) is 4.67. The molecule has 0 spiro atoms. The molecule has 2 atom stereocenters. The Balaban J connectivity index is 2.07. The molecule has 0 radical (unpaired) electrons. The SMILES string of the molecule is CC(C#N)c1ccc2c(c1)N(CC(C)N(C)C)c1ccccc1S2. The molecule has 1 heterocycles. The van der Waals surface area contributed by atoms with Crippen molar-refractivity contribution in [2.24, 2.45) is 0 Å². The maximum atomic E-state index is 9.26. The standard InChI is InChI=1S/C20H23N3S/c1-14(12-21)16-9-10-20-18(11-16)23(13-15(2)22(3)4)17-7-5-6-8-19(17)24-20/h5-11,14-15H,13H2,1-4H3. The van der Waals surface area contributed by atoms with Gasteiger partial charge < -0.3 is 9.80 Å². The Morgan fingerprint density at radius 1 is 1.08 bits per heavy atom. The number of benzene rings is 2. The molecule has 0 aromatic heterocycles. The highest BCUT2D eigenvalue weighted by Gasteiger charge is 2.25. The largest absolute Gasteiger partial charge is 0.338 e. The summed E-state index contributed by atoms with van der Waals surface area (Å²) in [4.78, 5) is 7.19. The van der Waals surface area contributed by atoms with Crippen LogP contribution < -0.4 is 4.90 Å². The van der Waals surface area contributed by atoms with Crippen LogP contribution in [0.3, 0.4) is 0 Å². The summed E-state index contributed by atoms with van der Waals surface area (Å²) in [5, 5.41) is 9.26. The minimum Gasteiger partial charge on any atom is -0.338 e. The zero-order valence-electron chi connectivity index (χ0n) is 14.7.